The zero-order chi connectivity index (χ0) is 6.77. The Bertz CT molecular complexity index is 178. The van der Waals surface area contributed by atoms with E-state index in [9.17, 15) is 0 Å². The van der Waals surface area contributed by atoms with Gasteiger partial charge in [0, 0.05) is 6.04 Å². The van der Waals surface area contributed by atoms with Gasteiger partial charge in [0.15, 0.2) is 0 Å². The summed E-state index contributed by atoms with van der Waals surface area (Å²) in [5.74, 6) is 2.11. The molecule has 56 valence electrons. The van der Waals surface area contributed by atoms with E-state index in [0.29, 0.717) is 0 Å². The lowest BCUT2D eigenvalue weighted by Crippen LogP contribution is -2.66. The van der Waals surface area contributed by atoms with E-state index in [2.05, 4.69) is 12.2 Å². The molecule has 1 saturated heterocycles. The second-order valence-corrected chi connectivity index (χ2v) is 4.42. The maximum absolute atomic E-state index is 3.63. The molecule has 4 atom stereocenters. The molecular formula is C9H15N. The molecule has 1 aliphatic heterocycles. The third-order valence-corrected chi connectivity index (χ3v) is 4.39. The Kier molecular flexibility index (Phi) is 0.797. The van der Waals surface area contributed by atoms with Crippen molar-refractivity contribution in [1.29, 1.82) is 0 Å². The summed E-state index contributed by atoms with van der Waals surface area (Å²) in [6.07, 6.45) is 4.53. The van der Waals surface area contributed by atoms with E-state index in [-0.39, 0.29) is 0 Å². The van der Waals surface area contributed by atoms with E-state index < -0.39 is 0 Å². The molecule has 10 heavy (non-hydrogen) atoms. The minimum Gasteiger partial charge on any atom is -0.313 e. The number of hydrogen-bond acceptors (Lipinski definition) is 1. The molecule has 2 saturated carbocycles. The third-order valence-electron chi connectivity index (χ3n) is 4.39. The Hall–Kier alpha value is -0.0400. The summed E-state index contributed by atoms with van der Waals surface area (Å²) >= 11 is 0. The van der Waals surface area contributed by atoms with Crippen LogP contribution in [-0.4, -0.2) is 12.6 Å². The first-order valence-corrected chi connectivity index (χ1v) is 4.58. The Morgan fingerprint density at radius 2 is 2.30 bits per heavy atom. The SMILES string of the molecule is CC1C2CCC23CCNC13. The van der Waals surface area contributed by atoms with Crippen LogP contribution >= 0.6 is 0 Å². The topological polar surface area (TPSA) is 12.0 Å². The second kappa shape index (κ2) is 1.42. The predicted octanol–water partition coefficient (Wildman–Crippen LogP) is 1.39. The summed E-state index contributed by atoms with van der Waals surface area (Å²) in [6, 6.07) is 0.922. The van der Waals surface area contributed by atoms with Gasteiger partial charge in [0.05, 0.1) is 0 Å². The molecule has 3 aliphatic rings. The van der Waals surface area contributed by atoms with E-state index in [4.69, 9.17) is 0 Å². The van der Waals surface area contributed by atoms with Gasteiger partial charge in [-0.2, -0.15) is 0 Å². The van der Waals surface area contributed by atoms with Crippen LogP contribution in [0.3, 0.4) is 0 Å². The number of rotatable bonds is 0. The van der Waals surface area contributed by atoms with Crippen LogP contribution in [0.1, 0.15) is 26.2 Å². The first-order chi connectivity index (χ1) is 4.84. The molecule has 3 rings (SSSR count). The van der Waals surface area contributed by atoms with Gasteiger partial charge < -0.3 is 5.32 Å². The molecule has 2 aliphatic carbocycles. The molecular weight excluding hydrogens is 122 g/mol. The average molecular weight is 137 g/mol. The van der Waals surface area contributed by atoms with Crippen molar-refractivity contribution in [1.82, 2.24) is 5.32 Å². The first kappa shape index (κ1) is 5.59. The van der Waals surface area contributed by atoms with Crippen LogP contribution in [-0.2, 0) is 0 Å². The number of hydrogen-bond donors (Lipinski definition) is 1. The van der Waals surface area contributed by atoms with Crippen molar-refractivity contribution in [2.24, 2.45) is 17.3 Å². The van der Waals surface area contributed by atoms with E-state index in [1.165, 1.54) is 25.8 Å². The molecule has 0 radical (unpaired) electrons. The van der Waals surface area contributed by atoms with E-state index in [0.717, 1.165) is 23.3 Å². The molecule has 1 N–H and O–H groups in total. The van der Waals surface area contributed by atoms with Crippen LogP contribution in [0, 0.1) is 17.3 Å². The highest BCUT2D eigenvalue weighted by Gasteiger charge is 2.66. The summed E-state index contributed by atoms with van der Waals surface area (Å²) in [5, 5.41) is 3.63. The monoisotopic (exact) mass is 137 g/mol. The smallest absolute Gasteiger partial charge is 0.0155 e. The van der Waals surface area contributed by atoms with Crippen molar-refractivity contribution in [3.8, 4) is 0 Å². The Morgan fingerprint density at radius 3 is 2.90 bits per heavy atom. The third kappa shape index (κ3) is 0.355. The van der Waals surface area contributed by atoms with Crippen LogP contribution < -0.4 is 5.32 Å². The molecule has 1 nitrogen and oxygen atoms in total. The maximum Gasteiger partial charge on any atom is 0.0155 e. The van der Waals surface area contributed by atoms with Crippen molar-refractivity contribution in [3.05, 3.63) is 0 Å². The standard InChI is InChI=1S/C9H15N/c1-6-7-2-3-9(7)4-5-10-8(6)9/h6-8,10H,2-5H2,1H3. The lowest BCUT2D eigenvalue weighted by atomic mass is 9.41. The minimum atomic E-state index is 0.833. The summed E-state index contributed by atoms with van der Waals surface area (Å²) < 4.78 is 0. The molecule has 1 spiro atoms. The Balaban J connectivity index is 1.94. The Morgan fingerprint density at radius 1 is 1.40 bits per heavy atom. The predicted molar refractivity (Wildman–Crippen MR) is 40.7 cm³/mol. The van der Waals surface area contributed by atoms with Gasteiger partial charge in [-0.05, 0) is 43.1 Å². The van der Waals surface area contributed by atoms with Crippen LogP contribution in [0.25, 0.3) is 0 Å². The van der Waals surface area contributed by atoms with Crippen LogP contribution in [0.15, 0.2) is 0 Å². The van der Waals surface area contributed by atoms with Gasteiger partial charge in [-0.25, -0.2) is 0 Å². The summed E-state index contributed by atoms with van der Waals surface area (Å²) in [4.78, 5) is 0. The zero-order valence-electron chi connectivity index (χ0n) is 6.56. The highest BCUT2D eigenvalue weighted by atomic mass is 15.0. The van der Waals surface area contributed by atoms with E-state index >= 15 is 0 Å². The van der Waals surface area contributed by atoms with E-state index in [1.54, 1.807) is 0 Å². The molecule has 1 heteroatoms. The van der Waals surface area contributed by atoms with Gasteiger partial charge in [-0.15, -0.1) is 0 Å². The molecule has 0 amide bonds. The fraction of sp³-hybridized carbons (Fsp3) is 1.00. The lowest BCUT2D eigenvalue weighted by molar-refractivity contribution is -0.137. The maximum atomic E-state index is 3.63. The lowest BCUT2D eigenvalue weighted by Gasteiger charge is -2.65. The fourth-order valence-electron chi connectivity index (χ4n) is 3.81. The highest BCUT2D eigenvalue weighted by molar-refractivity contribution is 5.19. The van der Waals surface area contributed by atoms with Crippen LogP contribution in [0.2, 0.25) is 0 Å². The van der Waals surface area contributed by atoms with Crippen LogP contribution in [0.5, 0.6) is 0 Å². The largest absolute Gasteiger partial charge is 0.313 e. The summed E-state index contributed by atoms with van der Waals surface area (Å²) in [6.45, 7) is 3.72. The van der Waals surface area contributed by atoms with Crippen molar-refractivity contribution < 1.29 is 0 Å². The molecule has 0 aromatic carbocycles. The molecule has 4 unspecified atom stereocenters. The summed E-state index contributed by atoms with van der Waals surface area (Å²) in [7, 11) is 0. The quantitative estimate of drug-likeness (QED) is 0.532. The first-order valence-electron chi connectivity index (χ1n) is 4.58. The van der Waals surface area contributed by atoms with Gasteiger partial charge in [-0.3, -0.25) is 0 Å². The van der Waals surface area contributed by atoms with Gasteiger partial charge in [0.2, 0.25) is 0 Å². The highest BCUT2D eigenvalue weighted by Crippen LogP contribution is 2.67. The van der Waals surface area contributed by atoms with Crippen molar-refractivity contribution >= 4 is 0 Å². The molecule has 0 bridgehead atoms. The van der Waals surface area contributed by atoms with Gasteiger partial charge in [0.25, 0.3) is 0 Å². The molecule has 3 fully saturated rings. The summed E-state index contributed by atoms with van der Waals surface area (Å²) in [5.41, 5.74) is 0.833. The molecule has 0 aromatic rings. The van der Waals surface area contributed by atoms with Crippen LogP contribution in [0.4, 0.5) is 0 Å². The number of nitrogens with one attached hydrogen (secondary N) is 1. The molecule has 0 aromatic heterocycles. The average Bonchev–Trinajstić information content (AvgIpc) is 2.27. The van der Waals surface area contributed by atoms with Gasteiger partial charge in [0.1, 0.15) is 0 Å². The van der Waals surface area contributed by atoms with Gasteiger partial charge in [-0.1, -0.05) is 6.92 Å². The van der Waals surface area contributed by atoms with Crippen molar-refractivity contribution in [2.45, 2.75) is 32.2 Å². The second-order valence-electron chi connectivity index (χ2n) is 4.42. The zero-order valence-corrected chi connectivity index (χ0v) is 6.56. The van der Waals surface area contributed by atoms with E-state index in [1.807, 2.05) is 0 Å². The Labute approximate surface area is 62.2 Å². The minimum absolute atomic E-state index is 0.833. The fourth-order valence-corrected chi connectivity index (χ4v) is 3.81. The normalized spacial score (nSPS) is 63.9. The molecule has 1 heterocycles. The van der Waals surface area contributed by atoms with Crippen molar-refractivity contribution in [2.75, 3.05) is 6.54 Å². The van der Waals surface area contributed by atoms with Gasteiger partial charge >= 0.3 is 0 Å². The van der Waals surface area contributed by atoms with Crippen molar-refractivity contribution in [3.63, 3.8) is 0 Å².